The van der Waals surface area contributed by atoms with Crippen LogP contribution in [0.1, 0.15) is 16.8 Å². The topological polar surface area (TPSA) is 73.8 Å². The molecule has 0 fully saturated rings. The predicted molar refractivity (Wildman–Crippen MR) is 126 cm³/mol. The lowest BCUT2D eigenvalue weighted by molar-refractivity contribution is 0.573. The highest BCUT2D eigenvalue weighted by molar-refractivity contribution is 7.98. The number of hydrogen-bond donors (Lipinski definition) is 0. The number of para-hydroxylation sites is 1. The molecular formula is C25H20N4O2S. The van der Waals surface area contributed by atoms with E-state index in [1.807, 2.05) is 68.4 Å². The maximum atomic E-state index is 13.3. The van der Waals surface area contributed by atoms with Gasteiger partial charge in [0, 0.05) is 17.5 Å². The Morgan fingerprint density at radius 3 is 2.59 bits per heavy atom. The predicted octanol–water partition coefficient (Wildman–Crippen LogP) is 5.34. The first-order valence-electron chi connectivity index (χ1n) is 10.2. The van der Waals surface area contributed by atoms with Gasteiger partial charge in [0.15, 0.2) is 5.16 Å². The van der Waals surface area contributed by atoms with Gasteiger partial charge in [-0.05, 0) is 55.8 Å². The van der Waals surface area contributed by atoms with Crippen LogP contribution < -0.4 is 5.56 Å². The van der Waals surface area contributed by atoms with Gasteiger partial charge in [-0.25, -0.2) is 19.5 Å². The quantitative estimate of drug-likeness (QED) is 0.271. The van der Waals surface area contributed by atoms with Gasteiger partial charge in [-0.2, -0.15) is 0 Å². The molecule has 0 unspecified atom stereocenters. The number of oxazole rings is 1. The fourth-order valence-corrected chi connectivity index (χ4v) is 4.27. The fraction of sp³-hybridized carbons (Fsp3) is 0.120. The summed E-state index contributed by atoms with van der Waals surface area (Å²) >= 11 is 1.43. The Morgan fingerprint density at radius 1 is 0.969 bits per heavy atom. The standard InChI is InChI=1S/C25H20N4O2S/c1-16-7-9-18(10-8-16)23-27-19(14-31-23)15-32-25-28-21-6-4-3-5-20(21)24(30)29(25)22-13-17(2)11-12-26-22/h3-14H,15H2,1-2H3. The summed E-state index contributed by atoms with van der Waals surface area (Å²) in [5.74, 6) is 1.63. The van der Waals surface area contributed by atoms with Gasteiger partial charge < -0.3 is 4.42 Å². The van der Waals surface area contributed by atoms with E-state index < -0.39 is 0 Å². The number of rotatable bonds is 5. The lowest BCUT2D eigenvalue weighted by Crippen LogP contribution is -2.22. The van der Waals surface area contributed by atoms with Gasteiger partial charge in [-0.15, -0.1) is 0 Å². The third kappa shape index (κ3) is 3.94. The Bertz CT molecular complexity index is 1470. The van der Waals surface area contributed by atoms with Crippen LogP contribution in [0.25, 0.3) is 28.2 Å². The Morgan fingerprint density at radius 2 is 1.78 bits per heavy atom. The molecule has 7 heteroatoms. The minimum absolute atomic E-state index is 0.142. The number of nitrogens with zero attached hydrogens (tertiary/aromatic N) is 4. The van der Waals surface area contributed by atoms with Crippen molar-refractivity contribution in [2.24, 2.45) is 0 Å². The normalized spacial score (nSPS) is 11.2. The third-order valence-electron chi connectivity index (χ3n) is 5.07. The van der Waals surface area contributed by atoms with E-state index in [0.717, 1.165) is 16.8 Å². The second kappa shape index (κ2) is 8.43. The summed E-state index contributed by atoms with van der Waals surface area (Å²) in [5.41, 5.74) is 4.42. The summed E-state index contributed by atoms with van der Waals surface area (Å²) in [6, 6.07) is 19.2. The SMILES string of the molecule is Cc1ccc(-c2nc(CSc3nc4ccccc4c(=O)n3-c3cc(C)ccn3)co2)cc1. The smallest absolute Gasteiger partial charge is 0.267 e. The van der Waals surface area contributed by atoms with E-state index >= 15 is 0 Å². The highest BCUT2D eigenvalue weighted by Gasteiger charge is 2.15. The first-order valence-corrected chi connectivity index (χ1v) is 11.2. The Hall–Kier alpha value is -3.71. The summed E-state index contributed by atoms with van der Waals surface area (Å²) in [6.07, 6.45) is 3.35. The van der Waals surface area contributed by atoms with Crippen molar-refractivity contribution in [2.45, 2.75) is 24.8 Å². The second-order valence-electron chi connectivity index (χ2n) is 7.54. The molecule has 0 spiro atoms. The molecule has 158 valence electrons. The second-order valence-corrected chi connectivity index (χ2v) is 8.48. The minimum Gasteiger partial charge on any atom is -0.444 e. The lowest BCUT2D eigenvalue weighted by atomic mass is 10.1. The van der Waals surface area contributed by atoms with E-state index in [1.54, 1.807) is 23.1 Å². The van der Waals surface area contributed by atoms with E-state index in [4.69, 9.17) is 9.40 Å². The number of fused-ring (bicyclic) bond motifs is 1. The number of pyridine rings is 1. The number of aryl methyl sites for hydroxylation is 2. The van der Waals surface area contributed by atoms with Crippen LogP contribution in [-0.4, -0.2) is 19.5 Å². The zero-order valence-electron chi connectivity index (χ0n) is 17.6. The summed E-state index contributed by atoms with van der Waals surface area (Å²) in [7, 11) is 0. The highest BCUT2D eigenvalue weighted by Crippen LogP contribution is 2.26. The van der Waals surface area contributed by atoms with Crippen molar-refractivity contribution < 1.29 is 4.42 Å². The van der Waals surface area contributed by atoms with Crippen LogP contribution in [0.15, 0.2) is 87.5 Å². The number of hydrogen-bond acceptors (Lipinski definition) is 6. The van der Waals surface area contributed by atoms with Crippen LogP contribution in [-0.2, 0) is 5.75 Å². The zero-order valence-corrected chi connectivity index (χ0v) is 18.5. The maximum Gasteiger partial charge on any atom is 0.267 e. The number of aromatic nitrogens is 4. The van der Waals surface area contributed by atoms with Crippen LogP contribution in [0.5, 0.6) is 0 Å². The molecule has 0 N–H and O–H groups in total. The van der Waals surface area contributed by atoms with Gasteiger partial charge in [-0.1, -0.05) is 41.6 Å². The van der Waals surface area contributed by atoms with Gasteiger partial charge in [0.2, 0.25) is 5.89 Å². The maximum absolute atomic E-state index is 13.3. The van der Waals surface area contributed by atoms with E-state index in [0.29, 0.717) is 33.5 Å². The molecule has 3 aromatic heterocycles. The van der Waals surface area contributed by atoms with Gasteiger partial charge in [0.1, 0.15) is 12.1 Å². The molecule has 5 rings (SSSR count). The first kappa shape index (κ1) is 20.2. The first-order chi connectivity index (χ1) is 15.6. The van der Waals surface area contributed by atoms with Crippen LogP contribution in [0.2, 0.25) is 0 Å². The molecule has 0 radical (unpaired) electrons. The van der Waals surface area contributed by atoms with E-state index in [-0.39, 0.29) is 5.56 Å². The summed E-state index contributed by atoms with van der Waals surface area (Å²) < 4.78 is 7.25. The number of thioether (sulfide) groups is 1. The number of benzene rings is 2. The van der Waals surface area contributed by atoms with E-state index in [9.17, 15) is 4.79 Å². The molecule has 2 aromatic carbocycles. The van der Waals surface area contributed by atoms with Crippen molar-refractivity contribution in [3.63, 3.8) is 0 Å². The molecule has 0 aliphatic rings. The Balaban J connectivity index is 1.51. The van der Waals surface area contributed by atoms with Crippen molar-refractivity contribution in [1.82, 2.24) is 19.5 Å². The summed E-state index contributed by atoms with van der Waals surface area (Å²) in [5, 5.41) is 1.12. The van der Waals surface area contributed by atoms with Crippen molar-refractivity contribution in [3.05, 3.63) is 100 Å². The molecule has 3 heterocycles. The van der Waals surface area contributed by atoms with Crippen molar-refractivity contribution in [1.29, 1.82) is 0 Å². The fourth-order valence-electron chi connectivity index (χ4n) is 3.39. The van der Waals surface area contributed by atoms with Crippen molar-refractivity contribution in [2.75, 3.05) is 0 Å². The molecule has 32 heavy (non-hydrogen) atoms. The van der Waals surface area contributed by atoms with Gasteiger partial charge >= 0.3 is 0 Å². The molecule has 0 amide bonds. The molecule has 0 aliphatic heterocycles. The van der Waals surface area contributed by atoms with Crippen LogP contribution in [0.3, 0.4) is 0 Å². The molecule has 0 saturated carbocycles. The minimum atomic E-state index is -0.142. The highest BCUT2D eigenvalue weighted by atomic mass is 32.2. The summed E-state index contributed by atoms with van der Waals surface area (Å²) in [4.78, 5) is 27.1. The van der Waals surface area contributed by atoms with Crippen molar-refractivity contribution in [3.8, 4) is 17.3 Å². The van der Waals surface area contributed by atoms with Crippen molar-refractivity contribution >= 4 is 22.7 Å². The Kier molecular flexibility index (Phi) is 5.33. The molecule has 0 atom stereocenters. The average Bonchev–Trinajstić information content (AvgIpc) is 3.27. The van der Waals surface area contributed by atoms with Gasteiger partial charge in [0.05, 0.1) is 16.6 Å². The van der Waals surface area contributed by atoms with E-state index in [1.165, 1.54) is 17.3 Å². The van der Waals surface area contributed by atoms with Gasteiger partial charge in [0.25, 0.3) is 5.56 Å². The average molecular weight is 441 g/mol. The largest absolute Gasteiger partial charge is 0.444 e. The van der Waals surface area contributed by atoms with E-state index in [2.05, 4.69) is 9.97 Å². The molecular weight excluding hydrogens is 420 g/mol. The molecule has 6 nitrogen and oxygen atoms in total. The summed E-state index contributed by atoms with van der Waals surface area (Å²) in [6.45, 7) is 4.01. The molecule has 5 aromatic rings. The van der Waals surface area contributed by atoms with Crippen LogP contribution in [0, 0.1) is 13.8 Å². The van der Waals surface area contributed by atoms with Gasteiger partial charge in [-0.3, -0.25) is 4.79 Å². The monoisotopic (exact) mass is 440 g/mol. The Labute approximate surface area is 189 Å². The molecule has 0 bridgehead atoms. The molecule has 0 aliphatic carbocycles. The molecule has 0 saturated heterocycles. The van der Waals surface area contributed by atoms with Crippen LogP contribution >= 0.6 is 11.8 Å². The zero-order chi connectivity index (χ0) is 22.1. The third-order valence-corrected chi connectivity index (χ3v) is 6.05. The van der Waals surface area contributed by atoms with Crippen LogP contribution in [0.4, 0.5) is 0 Å². The lowest BCUT2D eigenvalue weighted by Gasteiger charge is -2.12.